The summed E-state index contributed by atoms with van der Waals surface area (Å²) in [4.78, 5) is 33.6. The smallest absolute Gasteiger partial charge is 0.326 e. The highest BCUT2D eigenvalue weighted by Crippen LogP contribution is 2.09. The lowest BCUT2D eigenvalue weighted by Gasteiger charge is -2.19. The van der Waals surface area contributed by atoms with Gasteiger partial charge in [0.2, 0.25) is 11.8 Å². The normalized spacial score (nSPS) is 21.2. The fourth-order valence-corrected chi connectivity index (χ4v) is 2.07. The Morgan fingerprint density at radius 2 is 2.05 bits per heavy atom. The summed E-state index contributed by atoms with van der Waals surface area (Å²) in [5.41, 5.74) is 4.98. The molecule has 7 heteroatoms. The van der Waals surface area contributed by atoms with Gasteiger partial charge >= 0.3 is 5.97 Å². The first-order chi connectivity index (χ1) is 9.00. The Morgan fingerprint density at radius 1 is 1.32 bits per heavy atom. The van der Waals surface area contributed by atoms with Crippen LogP contribution in [0.3, 0.4) is 0 Å². The molecule has 0 spiro atoms. The molecule has 0 radical (unpaired) electrons. The van der Waals surface area contributed by atoms with Gasteiger partial charge in [0.15, 0.2) is 0 Å². The van der Waals surface area contributed by atoms with E-state index in [1.165, 1.54) is 0 Å². The molecule has 1 saturated heterocycles. The Labute approximate surface area is 111 Å². The number of amides is 2. The number of carboxylic acid groups (broad SMARTS) is 1. The Hall–Kier alpha value is -1.63. The average Bonchev–Trinajstić information content (AvgIpc) is 2.62. The number of hydrogen-bond acceptors (Lipinski definition) is 4. The average molecular weight is 271 g/mol. The maximum atomic E-state index is 12.0. The van der Waals surface area contributed by atoms with Gasteiger partial charge in [-0.2, -0.15) is 0 Å². The second-order valence-corrected chi connectivity index (χ2v) is 4.76. The number of carbonyl (C=O) groups excluding carboxylic acids is 2. The van der Waals surface area contributed by atoms with Crippen LogP contribution < -0.4 is 16.4 Å². The number of rotatable bonds is 6. The van der Waals surface area contributed by atoms with Crippen molar-refractivity contribution in [1.29, 1.82) is 0 Å². The van der Waals surface area contributed by atoms with Gasteiger partial charge in [-0.25, -0.2) is 4.79 Å². The van der Waals surface area contributed by atoms with E-state index >= 15 is 0 Å². The van der Waals surface area contributed by atoms with Gasteiger partial charge in [0.1, 0.15) is 6.04 Å². The molecule has 1 unspecified atom stereocenters. The molecular weight excluding hydrogens is 250 g/mol. The van der Waals surface area contributed by atoms with Gasteiger partial charge < -0.3 is 21.5 Å². The summed E-state index contributed by atoms with van der Waals surface area (Å²) in [5.74, 6) is -2.05. The summed E-state index contributed by atoms with van der Waals surface area (Å²) in [6.07, 6.45) is 3.70. The molecule has 7 nitrogen and oxygen atoms in total. The maximum Gasteiger partial charge on any atom is 0.326 e. The van der Waals surface area contributed by atoms with Crippen LogP contribution in [0.5, 0.6) is 0 Å². The molecule has 0 aromatic rings. The lowest BCUT2D eigenvalue weighted by atomic mass is 10.1. The van der Waals surface area contributed by atoms with Crippen LogP contribution in [-0.4, -0.2) is 41.5 Å². The third-order valence-electron chi connectivity index (χ3n) is 3.17. The maximum absolute atomic E-state index is 12.0. The zero-order valence-corrected chi connectivity index (χ0v) is 10.9. The number of primary amides is 1. The molecule has 2 atom stereocenters. The van der Waals surface area contributed by atoms with Crippen LogP contribution in [0.2, 0.25) is 0 Å². The van der Waals surface area contributed by atoms with Gasteiger partial charge in [0.25, 0.3) is 0 Å². The molecule has 1 rings (SSSR count). The van der Waals surface area contributed by atoms with Gasteiger partial charge in [-0.05, 0) is 25.8 Å². The molecule has 0 aliphatic carbocycles. The summed E-state index contributed by atoms with van der Waals surface area (Å²) in [5, 5.41) is 14.6. The van der Waals surface area contributed by atoms with E-state index in [-0.39, 0.29) is 24.8 Å². The molecule has 0 saturated carbocycles. The van der Waals surface area contributed by atoms with Crippen molar-refractivity contribution < 1.29 is 19.5 Å². The quantitative estimate of drug-likeness (QED) is 0.511. The fraction of sp³-hybridized carbons (Fsp3) is 0.750. The zero-order valence-electron chi connectivity index (χ0n) is 10.9. The first kappa shape index (κ1) is 15.4. The second-order valence-electron chi connectivity index (χ2n) is 4.76. The molecule has 2 amide bonds. The molecule has 1 heterocycles. The minimum Gasteiger partial charge on any atom is -0.480 e. The largest absolute Gasteiger partial charge is 0.480 e. The van der Waals surface area contributed by atoms with Crippen molar-refractivity contribution in [3.63, 3.8) is 0 Å². The number of nitrogens with two attached hydrogens (primary N) is 1. The van der Waals surface area contributed by atoms with E-state index in [1.807, 2.05) is 0 Å². The molecule has 1 fully saturated rings. The van der Waals surface area contributed by atoms with Crippen molar-refractivity contribution >= 4 is 17.8 Å². The second kappa shape index (κ2) is 7.73. The SMILES string of the molecule is NC(=O)CC[C@H](NC(=O)C1CCCCCN1)C(=O)O. The monoisotopic (exact) mass is 271 g/mol. The molecule has 1 aliphatic rings. The van der Waals surface area contributed by atoms with Gasteiger partial charge in [-0.15, -0.1) is 0 Å². The topological polar surface area (TPSA) is 122 Å². The standard InChI is InChI=1S/C12H21N3O4/c13-10(16)6-5-9(12(18)19)15-11(17)8-4-2-1-3-7-14-8/h8-9,14H,1-7H2,(H2,13,16)(H,15,17)(H,18,19)/t8?,9-/m0/s1. The molecule has 108 valence electrons. The number of nitrogens with one attached hydrogen (secondary N) is 2. The third-order valence-corrected chi connectivity index (χ3v) is 3.17. The van der Waals surface area contributed by atoms with E-state index in [1.54, 1.807) is 0 Å². The highest BCUT2D eigenvalue weighted by atomic mass is 16.4. The van der Waals surface area contributed by atoms with E-state index in [2.05, 4.69) is 10.6 Å². The van der Waals surface area contributed by atoms with E-state index < -0.39 is 17.9 Å². The van der Waals surface area contributed by atoms with Gasteiger partial charge in [0, 0.05) is 6.42 Å². The van der Waals surface area contributed by atoms with Crippen molar-refractivity contribution in [3.8, 4) is 0 Å². The summed E-state index contributed by atoms with van der Waals surface area (Å²) in [7, 11) is 0. The first-order valence-electron chi connectivity index (χ1n) is 6.55. The Morgan fingerprint density at radius 3 is 2.68 bits per heavy atom. The van der Waals surface area contributed by atoms with Crippen LogP contribution in [0.25, 0.3) is 0 Å². The van der Waals surface area contributed by atoms with E-state index in [4.69, 9.17) is 10.8 Å². The van der Waals surface area contributed by atoms with E-state index in [0.29, 0.717) is 6.42 Å². The lowest BCUT2D eigenvalue weighted by molar-refractivity contribution is -0.142. The number of aliphatic carboxylic acids is 1. The van der Waals surface area contributed by atoms with Crippen molar-refractivity contribution in [1.82, 2.24) is 10.6 Å². The summed E-state index contributed by atoms with van der Waals surface area (Å²) >= 11 is 0. The van der Waals surface area contributed by atoms with Crippen molar-refractivity contribution in [2.45, 2.75) is 50.6 Å². The van der Waals surface area contributed by atoms with Crippen LogP contribution in [-0.2, 0) is 14.4 Å². The highest BCUT2D eigenvalue weighted by Gasteiger charge is 2.25. The van der Waals surface area contributed by atoms with Crippen LogP contribution in [0.1, 0.15) is 38.5 Å². The Balaban J connectivity index is 2.49. The summed E-state index contributed by atoms with van der Waals surface area (Å²) in [6, 6.07) is -1.41. The highest BCUT2D eigenvalue weighted by molar-refractivity contribution is 5.87. The van der Waals surface area contributed by atoms with Crippen molar-refractivity contribution in [3.05, 3.63) is 0 Å². The summed E-state index contributed by atoms with van der Waals surface area (Å²) in [6.45, 7) is 0.761. The van der Waals surface area contributed by atoms with Crippen molar-refractivity contribution in [2.75, 3.05) is 6.54 Å². The molecule has 5 N–H and O–H groups in total. The van der Waals surface area contributed by atoms with Crippen LogP contribution in [0.4, 0.5) is 0 Å². The van der Waals surface area contributed by atoms with Gasteiger partial charge in [-0.1, -0.05) is 12.8 Å². The molecule has 19 heavy (non-hydrogen) atoms. The number of carboxylic acids is 1. The van der Waals surface area contributed by atoms with E-state index in [9.17, 15) is 14.4 Å². The Bertz CT molecular complexity index is 338. The minimum atomic E-state index is -1.15. The molecule has 1 aliphatic heterocycles. The summed E-state index contributed by atoms with van der Waals surface area (Å²) < 4.78 is 0. The predicted octanol–water partition coefficient (Wildman–Crippen LogP) is -0.646. The van der Waals surface area contributed by atoms with Crippen molar-refractivity contribution in [2.24, 2.45) is 5.73 Å². The van der Waals surface area contributed by atoms with Crippen LogP contribution >= 0.6 is 0 Å². The Kier molecular flexibility index (Phi) is 6.27. The number of hydrogen-bond donors (Lipinski definition) is 4. The fourth-order valence-electron chi connectivity index (χ4n) is 2.07. The minimum absolute atomic E-state index is 0.0170. The predicted molar refractivity (Wildman–Crippen MR) is 68.3 cm³/mol. The molecule has 0 aromatic carbocycles. The molecular formula is C12H21N3O4. The lowest BCUT2D eigenvalue weighted by Crippen LogP contribution is -2.50. The zero-order chi connectivity index (χ0) is 14.3. The molecule has 0 aromatic heterocycles. The first-order valence-corrected chi connectivity index (χ1v) is 6.55. The van der Waals surface area contributed by atoms with E-state index in [0.717, 1.165) is 25.8 Å². The third kappa shape index (κ3) is 5.69. The van der Waals surface area contributed by atoms with Crippen LogP contribution in [0.15, 0.2) is 0 Å². The van der Waals surface area contributed by atoms with Gasteiger partial charge in [0.05, 0.1) is 6.04 Å². The van der Waals surface area contributed by atoms with Crippen LogP contribution in [0, 0.1) is 0 Å². The molecule has 0 bridgehead atoms. The number of carbonyl (C=O) groups is 3. The van der Waals surface area contributed by atoms with Gasteiger partial charge in [-0.3, -0.25) is 9.59 Å².